The van der Waals surface area contributed by atoms with Gasteiger partial charge in [-0.1, -0.05) is 0 Å². The molecule has 0 spiro atoms. The summed E-state index contributed by atoms with van der Waals surface area (Å²) < 4.78 is 7.07. The molecule has 2 aromatic carbocycles. The Morgan fingerprint density at radius 3 is 2.68 bits per heavy atom. The number of rotatable bonds is 4. The number of aromatic hydroxyl groups is 1. The lowest BCUT2D eigenvalue weighted by molar-refractivity contribution is -0.116. The van der Waals surface area contributed by atoms with E-state index < -0.39 is 0 Å². The number of nitrogens with one attached hydrogen (secondary N) is 1. The van der Waals surface area contributed by atoms with E-state index >= 15 is 0 Å². The van der Waals surface area contributed by atoms with Crippen LogP contribution < -0.4 is 10.1 Å². The maximum atomic E-state index is 12.1. The highest BCUT2D eigenvalue weighted by molar-refractivity contribution is 5.92. The van der Waals surface area contributed by atoms with Crippen molar-refractivity contribution in [3.63, 3.8) is 0 Å². The standard InChI is InChI=1S/C17H16N2O3/c1-22-15-6-7-16-12(10-15)8-9-19(16)11-17(21)18-13-2-4-14(20)5-3-13/h2-10,20H,11H2,1H3,(H,18,21). The highest BCUT2D eigenvalue weighted by atomic mass is 16.5. The molecular formula is C17H16N2O3. The van der Waals surface area contributed by atoms with E-state index in [2.05, 4.69) is 5.32 Å². The third-order valence-corrected chi connectivity index (χ3v) is 3.44. The SMILES string of the molecule is COc1ccc2c(ccn2CC(=O)Nc2ccc(O)cc2)c1. The number of aromatic nitrogens is 1. The van der Waals surface area contributed by atoms with Gasteiger partial charge in [-0.05, 0) is 48.5 Å². The highest BCUT2D eigenvalue weighted by Crippen LogP contribution is 2.22. The van der Waals surface area contributed by atoms with Crippen LogP contribution in [0.25, 0.3) is 10.9 Å². The number of phenols is 1. The molecule has 3 aromatic rings. The number of anilines is 1. The first-order chi connectivity index (χ1) is 10.7. The molecule has 5 nitrogen and oxygen atoms in total. The Morgan fingerprint density at radius 2 is 1.95 bits per heavy atom. The number of hydrogen-bond acceptors (Lipinski definition) is 3. The van der Waals surface area contributed by atoms with E-state index in [-0.39, 0.29) is 18.2 Å². The minimum atomic E-state index is -0.126. The van der Waals surface area contributed by atoms with Crippen molar-refractivity contribution in [2.75, 3.05) is 12.4 Å². The van der Waals surface area contributed by atoms with Crippen LogP contribution >= 0.6 is 0 Å². The van der Waals surface area contributed by atoms with Gasteiger partial charge in [-0.15, -0.1) is 0 Å². The number of carbonyl (C=O) groups is 1. The quantitative estimate of drug-likeness (QED) is 0.727. The predicted octanol–water partition coefficient (Wildman–Crippen LogP) is 2.99. The zero-order chi connectivity index (χ0) is 15.5. The number of benzene rings is 2. The minimum Gasteiger partial charge on any atom is -0.508 e. The summed E-state index contributed by atoms with van der Waals surface area (Å²) >= 11 is 0. The Kier molecular flexibility index (Phi) is 3.70. The van der Waals surface area contributed by atoms with Gasteiger partial charge in [0.1, 0.15) is 18.0 Å². The van der Waals surface area contributed by atoms with Gasteiger partial charge >= 0.3 is 0 Å². The summed E-state index contributed by atoms with van der Waals surface area (Å²) in [5, 5.41) is 13.1. The Morgan fingerprint density at radius 1 is 1.18 bits per heavy atom. The average molecular weight is 296 g/mol. The summed E-state index contributed by atoms with van der Waals surface area (Å²) in [4.78, 5) is 12.1. The monoisotopic (exact) mass is 296 g/mol. The van der Waals surface area contributed by atoms with Gasteiger partial charge in [0.05, 0.1) is 7.11 Å². The van der Waals surface area contributed by atoms with Crippen LogP contribution in [0.5, 0.6) is 11.5 Å². The van der Waals surface area contributed by atoms with Gasteiger partial charge in [0.15, 0.2) is 0 Å². The number of phenolic OH excluding ortho intramolecular Hbond substituents is 1. The molecule has 0 radical (unpaired) electrons. The van der Waals surface area contributed by atoms with E-state index in [1.807, 2.05) is 35.0 Å². The molecule has 5 heteroatoms. The average Bonchev–Trinajstić information content (AvgIpc) is 2.91. The van der Waals surface area contributed by atoms with Crippen molar-refractivity contribution in [1.29, 1.82) is 0 Å². The number of hydrogen-bond donors (Lipinski definition) is 2. The van der Waals surface area contributed by atoms with Crippen molar-refractivity contribution in [2.45, 2.75) is 6.54 Å². The molecule has 0 saturated heterocycles. The molecule has 0 aliphatic heterocycles. The van der Waals surface area contributed by atoms with Gasteiger partial charge in [0.25, 0.3) is 0 Å². The molecule has 0 unspecified atom stereocenters. The van der Waals surface area contributed by atoms with Crippen molar-refractivity contribution in [1.82, 2.24) is 4.57 Å². The first-order valence-corrected chi connectivity index (χ1v) is 6.87. The van der Waals surface area contributed by atoms with Crippen LogP contribution in [0.15, 0.2) is 54.7 Å². The molecule has 3 rings (SSSR count). The molecule has 0 aliphatic rings. The number of nitrogens with zero attached hydrogens (tertiary/aromatic N) is 1. The van der Waals surface area contributed by atoms with Crippen molar-refractivity contribution in [3.05, 3.63) is 54.7 Å². The molecule has 22 heavy (non-hydrogen) atoms. The fourth-order valence-electron chi connectivity index (χ4n) is 2.34. The van der Waals surface area contributed by atoms with E-state index in [4.69, 9.17) is 4.74 Å². The molecular weight excluding hydrogens is 280 g/mol. The molecule has 0 atom stereocenters. The number of ether oxygens (including phenoxy) is 1. The van der Waals surface area contributed by atoms with E-state index in [1.165, 1.54) is 12.1 Å². The second-order valence-electron chi connectivity index (χ2n) is 4.96. The smallest absolute Gasteiger partial charge is 0.244 e. The maximum Gasteiger partial charge on any atom is 0.244 e. The largest absolute Gasteiger partial charge is 0.508 e. The fourth-order valence-corrected chi connectivity index (χ4v) is 2.34. The summed E-state index contributed by atoms with van der Waals surface area (Å²) in [6.07, 6.45) is 1.88. The molecule has 0 fully saturated rings. The van der Waals surface area contributed by atoms with E-state index in [0.717, 1.165) is 16.7 Å². The second kappa shape index (κ2) is 5.81. The van der Waals surface area contributed by atoms with Gasteiger partial charge in [-0.3, -0.25) is 4.79 Å². The molecule has 1 aromatic heterocycles. The fraction of sp³-hybridized carbons (Fsp3) is 0.118. The number of carbonyl (C=O) groups excluding carboxylic acids is 1. The van der Waals surface area contributed by atoms with E-state index in [0.29, 0.717) is 5.69 Å². The van der Waals surface area contributed by atoms with E-state index in [9.17, 15) is 9.90 Å². The third-order valence-electron chi connectivity index (χ3n) is 3.44. The summed E-state index contributed by atoms with van der Waals surface area (Å²) in [5.41, 5.74) is 1.63. The molecule has 112 valence electrons. The Balaban J connectivity index is 1.75. The predicted molar refractivity (Wildman–Crippen MR) is 85.2 cm³/mol. The normalized spacial score (nSPS) is 10.6. The van der Waals surface area contributed by atoms with Gasteiger partial charge in [-0.25, -0.2) is 0 Å². The molecule has 1 amide bonds. The molecule has 0 bridgehead atoms. The highest BCUT2D eigenvalue weighted by Gasteiger charge is 2.07. The lowest BCUT2D eigenvalue weighted by atomic mass is 10.2. The number of amides is 1. The Hall–Kier alpha value is -2.95. The van der Waals surface area contributed by atoms with Crippen molar-refractivity contribution in [3.8, 4) is 11.5 Å². The molecule has 0 aliphatic carbocycles. The minimum absolute atomic E-state index is 0.126. The molecule has 0 saturated carbocycles. The summed E-state index contributed by atoms with van der Waals surface area (Å²) in [6, 6.07) is 14.1. The van der Waals surface area contributed by atoms with Crippen molar-refractivity contribution < 1.29 is 14.6 Å². The number of fused-ring (bicyclic) bond motifs is 1. The van der Waals surface area contributed by atoms with Gasteiger partial charge in [-0.2, -0.15) is 0 Å². The van der Waals surface area contributed by atoms with Crippen LogP contribution in [0.2, 0.25) is 0 Å². The lowest BCUT2D eigenvalue weighted by Gasteiger charge is -2.08. The first kappa shape index (κ1) is 14.0. The van der Waals surface area contributed by atoms with E-state index in [1.54, 1.807) is 19.2 Å². The molecule has 2 N–H and O–H groups in total. The van der Waals surface area contributed by atoms with Crippen LogP contribution in [-0.2, 0) is 11.3 Å². The second-order valence-corrected chi connectivity index (χ2v) is 4.96. The topological polar surface area (TPSA) is 63.5 Å². The van der Waals surface area contributed by atoms with Gasteiger partial charge in [0, 0.05) is 22.8 Å². The van der Waals surface area contributed by atoms with Crippen molar-refractivity contribution in [2.24, 2.45) is 0 Å². The van der Waals surface area contributed by atoms with Crippen molar-refractivity contribution >= 4 is 22.5 Å². The summed E-state index contributed by atoms with van der Waals surface area (Å²) in [7, 11) is 1.63. The van der Waals surface area contributed by atoms with Gasteiger partial charge in [0.2, 0.25) is 5.91 Å². The Bertz CT molecular complexity index is 806. The van der Waals surface area contributed by atoms with Crippen LogP contribution in [0.3, 0.4) is 0 Å². The zero-order valence-electron chi connectivity index (χ0n) is 12.1. The van der Waals surface area contributed by atoms with Crippen LogP contribution in [0.4, 0.5) is 5.69 Å². The maximum absolute atomic E-state index is 12.1. The Labute approximate surface area is 127 Å². The zero-order valence-corrected chi connectivity index (χ0v) is 12.1. The molecule has 1 heterocycles. The number of methoxy groups -OCH3 is 1. The van der Waals surface area contributed by atoms with Crippen LogP contribution in [-0.4, -0.2) is 22.7 Å². The first-order valence-electron chi connectivity index (χ1n) is 6.87. The lowest BCUT2D eigenvalue weighted by Crippen LogP contribution is -2.18. The van der Waals surface area contributed by atoms with Crippen LogP contribution in [0.1, 0.15) is 0 Å². The summed E-state index contributed by atoms with van der Waals surface area (Å²) in [5.74, 6) is 0.834. The summed E-state index contributed by atoms with van der Waals surface area (Å²) in [6.45, 7) is 0.219. The van der Waals surface area contributed by atoms with Crippen LogP contribution in [0, 0.1) is 0 Å². The third kappa shape index (κ3) is 2.88. The van der Waals surface area contributed by atoms with Gasteiger partial charge < -0.3 is 19.7 Å².